The Morgan fingerprint density at radius 3 is 2.43 bits per heavy atom. The molecular weight excluding hydrogens is 288 g/mol. The van der Waals surface area contributed by atoms with Gasteiger partial charge < -0.3 is 15.4 Å². The monoisotopic (exact) mass is 320 g/mol. The topological polar surface area (TPSA) is 48.9 Å². The van der Waals surface area contributed by atoms with Crippen molar-refractivity contribution in [1.29, 1.82) is 0 Å². The van der Waals surface area contributed by atoms with Gasteiger partial charge in [0.1, 0.15) is 0 Å². The number of hydrogen-bond acceptors (Lipinski definition) is 3. The Hall–Kier alpha value is -1.59. The molecule has 0 aromatic heterocycles. The molecule has 0 fully saturated rings. The molecule has 2 N–H and O–H groups in total. The van der Waals surface area contributed by atoms with Crippen LogP contribution < -0.4 is 10.6 Å². The Morgan fingerprint density at radius 1 is 1.22 bits per heavy atom. The van der Waals surface area contributed by atoms with Crippen LogP contribution >= 0.6 is 0 Å². The second-order valence-electron chi connectivity index (χ2n) is 5.66. The molecule has 0 saturated heterocycles. The molecule has 1 rings (SSSR count). The maximum absolute atomic E-state index is 5.15. The minimum absolute atomic E-state index is 0.220. The van der Waals surface area contributed by atoms with E-state index in [0.29, 0.717) is 6.61 Å². The first-order valence-corrected chi connectivity index (χ1v) is 8.39. The van der Waals surface area contributed by atoms with Gasteiger partial charge in [-0.15, -0.1) is 0 Å². The van der Waals surface area contributed by atoms with Gasteiger partial charge in [-0.25, -0.2) is 0 Å². The molecule has 130 valence electrons. The molecule has 1 atom stereocenters. The van der Waals surface area contributed by atoms with Gasteiger partial charge in [0.25, 0.3) is 0 Å². The molecule has 23 heavy (non-hydrogen) atoms. The first-order chi connectivity index (χ1) is 11.1. The highest BCUT2D eigenvalue weighted by Gasteiger charge is 2.08. The SMILES string of the molecule is CCN(CC)Cc1ccccc1CNC(=NC)NC(C)COC. The Bertz CT molecular complexity index is 472. The lowest BCUT2D eigenvalue weighted by molar-refractivity contribution is 0.179. The molecule has 0 aliphatic carbocycles. The van der Waals surface area contributed by atoms with E-state index in [9.17, 15) is 0 Å². The number of ether oxygens (including phenoxy) is 1. The fourth-order valence-corrected chi connectivity index (χ4v) is 2.47. The highest BCUT2D eigenvalue weighted by molar-refractivity contribution is 5.79. The normalized spacial score (nSPS) is 13.2. The summed E-state index contributed by atoms with van der Waals surface area (Å²) < 4.78 is 5.15. The summed E-state index contributed by atoms with van der Waals surface area (Å²) in [6, 6.07) is 8.80. The number of aliphatic imine (C=N–C) groups is 1. The summed E-state index contributed by atoms with van der Waals surface area (Å²) in [5, 5.41) is 6.71. The van der Waals surface area contributed by atoms with Crippen LogP contribution in [0.15, 0.2) is 29.3 Å². The van der Waals surface area contributed by atoms with Crippen LogP contribution in [0.4, 0.5) is 0 Å². The van der Waals surface area contributed by atoms with Crippen LogP contribution in [-0.4, -0.2) is 50.8 Å². The summed E-state index contributed by atoms with van der Waals surface area (Å²) in [4.78, 5) is 6.70. The molecule has 5 nitrogen and oxygen atoms in total. The van der Waals surface area contributed by atoms with E-state index in [4.69, 9.17) is 4.74 Å². The highest BCUT2D eigenvalue weighted by atomic mass is 16.5. The molecule has 1 aromatic rings. The van der Waals surface area contributed by atoms with Crippen LogP contribution in [0.3, 0.4) is 0 Å². The lowest BCUT2D eigenvalue weighted by atomic mass is 10.1. The lowest BCUT2D eigenvalue weighted by Crippen LogP contribution is -2.43. The van der Waals surface area contributed by atoms with E-state index in [1.807, 2.05) is 0 Å². The van der Waals surface area contributed by atoms with E-state index in [-0.39, 0.29) is 6.04 Å². The van der Waals surface area contributed by atoms with E-state index < -0.39 is 0 Å². The van der Waals surface area contributed by atoms with Crippen molar-refractivity contribution in [2.45, 2.75) is 39.9 Å². The molecule has 0 aliphatic rings. The predicted octanol–water partition coefficient (Wildman–Crippen LogP) is 2.23. The Kier molecular flexibility index (Phi) is 9.33. The van der Waals surface area contributed by atoms with E-state index in [1.54, 1.807) is 14.2 Å². The minimum atomic E-state index is 0.220. The second-order valence-corrected chi connectivity index (χ2v) is 5.66. The van der Waals surface area contributed by atoms with Crippen molar-refractivity contribution >= 4 is 5.96 Å². The quantitative estimate of drug-likeness (QED) is 0.541. The second kappa shape index (κ2) is 11.0. The summed E-state index contributed by atoms with van der Waals surface area (Å²) in [5.74, 6) is 0.798. The van der Waals surface area contributed by atoms with Crippen LogP contribution in [-0.2, 0) is 17.8 Å². The molecule has 1 aromatic carbocycles. The summed E-state index contributed by atoms with van der Waals surface area (Å²) in [6.45, 7) is 11.0. The summed E-state index contributed by atoms with van der Waals surface area (Å²) in [5.41, 5.74) is 2.67. The van der Waals surface area contributed by atoms with Crippen LogP contribution in [0, 0.1) is 0 Å². The number of rotatable bonds is 9. The maximum atomic E-state index is 5.15. The molecule has 1 unspecified atom stereocenters. The molecule has 0 saturated carbocycles. The Labute approximate surface area is 141 Å². The zero-order valence-corrected chi connectivity index (χ0v) is 15.2. The standard InChI is InChI=1S/C18H32N4O/c1-6-22(7-2)13-17-11-9-8-10-16(17)12-20-18(19-4)21-15(3)14-23-5/h8-11,15H,6-7,12-14H2,1-5H3,(H2,19,20,21). The van der Waals surface area contributed by atoms with Crippen LogP contribution in [0.25, 0.3) is 0 Å². The third-order valence-electron chi connectivity index (χ3n) is 3.88. The maximum Gasteiger partial charge on any atom is 0.191 e. The summed E-state index contributed by atoms with van der Waals surface area (Å²) >= 11 is 0. The molecule has 0 radical (unpaired) electrons. The lowest BCUT2D eigenvalue weighted by Gasteiger charge is -2.21. The fraction of sp³-hybridized carbons (Fsp3) is 0.611. The van der Waals surface area contributed by atoms with Crippen molar-refractivity contribution in [3.05, 3.63) is 35.4 Å². The average Bonchev–Trinajstić information content (AvgIpc) is 2.57. The van der Waals surface area contributed by atoms with Gasteiger partial charge in [-0.2, -0.15) is 0 Å². The van der Waals surface area contributed by atoms with E-state index in [2.05, 4.69) is 65.6 Å². The molecule has 0 heterocycles. The van der Waals surface area contributed by atoms with Crippen LogP contribution in [0.5, 0.6) is 0 Å². The van der Waals surface area contributed by atoms with Gasteiger partial charge in [0, 0.05) is 33.3 Å². The van der Waals surface area contributed by atoms with Crippen molar-refractivity contribution in [3.63, 3.8) is 0 Å². The summed E-state index contributed by atoms with van der Waals surface area (Å²) in [6.07, 6.45) is 0. The predicted molar refractivity (Wildman–Crippen MR) is 97.7 cm³/mol. The molecular formula is C18H32N4O. The van der Waals surface area contributed by atoms with Gasteiger partial charge in [0.05, 0.1) is 6.61 Å². The molecule has 5 heteroatoms. The molecule has 0 spiro atoms. The summed E-state index contributed by atoms with van der Waals surface area (Å²) in [7, 11) is 3.49. The van der Waals surface area contributed by atoms with Crippen molar-refractivity contribution in [2.75, 3.05) is 33.9 Å². The van der Waals surface area contributed by atoms with Gasteiger partial charge in [0.2, 0.25) is 0 Å². The smallest absolute Gasteiger partial charge is 0.191 e. The number of methoxy groups -OCH3 is 1. The zero-order valence-electron chi connectivity index (χ0n) is 15.2. The van der Waals surface area contributed by atoms with E-state index >= 15 is 0 Å². The van der Waals surface area contributed by atoms with Crippen molar-refractivity contribution in [3.8, 4) is 0 Å². The third kappa shape index (κ3) is 7.01. The minimum Gasteiger partial charge on any atom is -0.383 e. The molecule has 0 amide bonds. The largest absolute Gasteiger partial charge is 0.383 e. The van der Waals surface area contributed by atoms with Gasteiger partial charge in [-0.05, 0) is 31.1 Å². The Morgan fingerprint density at radius 2 is 1.87 bits per heavy atom. The highest BCUT2D eigenvalue weighted by Crippen LogP contribution is 2.11. The van der Waals surface area contributed by atoms with Gasteiger partial charge >= 0.3 is 0 Å². The fourth-order valence-electron chi connectivity index (χ4n) is 2.47. The average molecular weight is 320 g/mol. The van der Waals surface area contributed by atoms with E-state index in [0.717, 1.165) is 32.1 Å². The number of hydrogen-bond donors (Lipinski definition) is 2. The van der Waals surface area contributed by atoms with Crippen molar-refractivity contribution < 1.29 is 4.74 Å². The number of guanidine groups is 1. The van der Waals surface area contributed by atoms with Gasteiger partial charge in [0.15, 0.2) is 5.96 Å². The Balaban J connectivity index is 2.66. The first-order valence-electron chi connectivity index (χ1n) is 8.39. The van der Waals surface area contributed by atoms with Crippen LogP contribution in [0.2, 0.25) is 0 Å². The third-order valence-corrected chi connectivity index (χ3v) is 3.88. The van der Waals surface area contributed by atoms with Gasteiger partial charge in [-0.3, -0.25) is 9.89 Å². The first kappa shape index (κ1) is 19.5. The molecule has 0 aliphatic heterocycles. The zero-order chi connectivity index (χ0) is 17.1. The van der Waals surface area contributed by atoms with Crippen molar-refractivity contribution in [1.82, 2.24) is 15.5 Å². The molecule has 0 bridgehead atoms. The van der Waals surface area contributed by atoms with E-state index in [1.165, 1.54) is 11.1 Å². The number of nitrogens with zero attached hydrogens (tertiary/aromatic N) is 2. The number of benzene rings is 1. The number of nitrogens with one attached hydrogen (secondary N) is 2. The van der Waals surface area contributed by atoms with Crippen LogP contribution in [0.1, 0.15) is 31.9 Å². The van der Waals surface area contributed by atoms with Crippen molar-refractivity contribution in [2.24, 2.45) is 4.99 Å². The van der Waals surface area contributed by atoms with Gasteiger partial charge in [-0.1, -0.05) is 38.1 Å².